The van der Waals surface area contributed by atoms with Gasteiger partial charge in [-0.05, 0) is 37.1 Å². The Labute approximate surface area is 121 Å². The van der Waals surface area contributed by atoms with Crippen molar-refractivity contribution in [1.29, 1.82) is 0 Å². The molecule has 2 rings (SSSR count). The largest absolute Gasteiger partial charge is 0.496 e. The summed E-state index contributed by atoms with van der Waals surface area (Å²) in [5, 5.41) is 3.43. The van der Waals surface area contributed by atoms with Crippen LogP contribution in [0.25, 0.3) is 0 Å². The van der Waals surface area contributed by atoms with E-state index in [2.05, 4.69) is 34.6 Å². The van der Waals surface area contributed by atoms with E-state index in [0.29, 0.717) is 0 Å². The Kier molecular flexibility index (Phi) is 5.18. The van der Waals surface area contributed by atoms with Crippen LogP contribution < -0.4 is 10.1 Å². The van der Waals surface area contributed by atoms with Crippen molar-refractivity contribution in [2.75, 3.05) is 13.7 Å². The van der Waals surface area contributed by atoms with E-state index in [1.807, 2.05) is 12.1 Å². The Balaban J connectivity index is 2.35. The maximum absolute atomic E-state index is 5.49. The minimum Gasteiger partial charge on any atom is -0.496 e. The Morgan fingerprint density at radius 1 is 1.47 bits per heavy atom. The molecule has 19 heavy (non-hydrogen) atoms. The summed E-state index contributed by atoms with van der Waals surface area (Å²) in [6, 6.07) is 6.33. The van der Waals surface area contributed by atoms with Crippen molar-refractivity contribution in [3.05, 3.63) is 30.1 Å². The van der Waals surface area contributed by atoms with E-state index in [1.54, 1.807) is 25.2 Å². The first-order valence-electron chi connectivity index (χ1n) is 6.11. The zero-order valence-electron chi connectivity index (χ0n) is 11.2. The van der Waals surface area contributed by atoms with E-state index in [1.165, 1.54) is 17.1 Å². The van der Waals surface area contributed by atoms with E-state index in [9.17, 15) is 0 Å². The predicted octanol–water partition coefficient (Wildman–Crippen LogP) is 3.37. The van der Waals surface area contributed by atoms with E-state index < -0.39 is 0 Å². The first-order chi connectivity index (χ1) is 9.26. The maximum Gasteiger partial charge on any atom is 0.174 e. The fraction of sp³-hybridized carbons (Fsp3) is 0.385. The molecule has 6 heteroatoms. The Bertz CT molecular complexity index is 517. The van der Waals surface area contributed by atoms with Gasteiger partial charge in [0.2, 0.25) is 0 Å². The number of aromatic nitrogens is 2. The molecule has 0 fully saturated rings. The summed E-state index contributed by atoms with van der Waals surface area (Å²) in [4.78, 5) is 5.38. The van der Waals surface area contributed by atoms with Crippen molar-refractivity contribution < 1.29 is 4.74 Å². The first kappa shape index (κ1) is 14.3. The number of nitrogens with one attached hydrogen (secondary N) is 1. The summed E-state index contributed by atoms with van der Waals surface area (Å²) in [5.41, 5.74) is 1.17. The summed E-state index contributed by atoms with van der Waals surface area (Å²) in [6.07, 6.45) is 1.58. The number of nitrogens with zero attached hydrogens (tertiary/aromatic N) is 2. The summed E-state index contributed by atoms with van der Waals surface area (Å²) in [6.45, 7) is 5.16. The minimum atomic E-state index is 0.233. The number of hydrogen-bond donors (Lipinski definition) is 1. The van der Waals surface area contributed by atoms with Gasteiger partial charge in [0.15, 0.2) is 4.34 Å². The molecule has 1 heterocycles. The van der Waals surface area contributed by atoms with Crippen LogP contribution in [0.5, 0.6) is 5.75 Å². The third-order valence-electron chi connectivity index (χ3n) is 2.73. The van der Waals surface area contributed by atoms with E-state index in [4.69, 9.17) is 4.74 Å². The molecule has 4 nitrogen and oxygen atoms in total. The van der Waals surface area contributed by atoms with Crippen LogP contribution in [0.3, 0.4) is 0 Å². The number of hydrogen-bond acceptors (Lipinski definition) is 6. The van der Waals surface area contributed by atoms with E-state index >= 15 is 0 Å². The van der Waals surface area contributed by atoms with E-state index in [-0.39, 0.29) is 6.04 Å². The van der Waals surface area contributed by atoms with Crippen molar-refractivity contribution in [1.82, 2.24) is 14.7 Å². The lowest BCUT2D eigenvalue weighted by molar-refractivity contribution is 0.400. The molecule has 0 amide bonds. The Morgan fingerprint density at radius 2 is 2.32 bits per heavy atom. The predicted molar refractivity (Wildman–Crippen MR) is 79.1 cm³/mol. The van der Waals surface area contributed by atoms with Crippen molar-refractivity contribution in [3.8, 4) is 5.75 Å². The van der Waals surface area contributed by atoms with Gasteiger partial charge in [0.1, 0.15) is 12.1 Å². The van der Waals surface area contributed by atoms with Crippen LogP contribution in [-0.4, -0.2) is 23.0 Å². The molecule has 1 aromatic carbocycles. The van der Waals surface area contributed by atoms with Gasteiger partial charge in [-0.3, -0.25) is 0 Å². The molecule has 0 radical (unpaired) electrons. The Morgan fingerprint density at radius 3 is 2.95 bits per heavy atom. The molecule has 0 saturated carbocycles. The lowest BCUT2D eigenvalue weighted by Gasteiger charge is -2.19. The van der Waals surface area contributed by atoms with Crippen LogP contribution in [-0.2, 0) is 0 Å². The second-order valence-electron chi connectivity index (χ2n) is 3.96. The normalized spacial score (nSPS) is 12.4. The summed E-state index contributed by atoms with van der Waals surface area (Å²) < 4.78 is 10.5. The quantitative estimate of drug-likeness (QED) is 0.885. The average molecular weight is 295 g/mol. The lowest BCUT2D eigenvalue weighted by atomic mass is 10.1. The van der Waals surface area contributed by atoms with Crippen LogP contribution in [0.4, 0.5) is 0 Å². The molecule has 0 aliphatic heterocycles. The fourth-order valence-electron chi connectivity index (χ4n) is 1.93. The fourth-order valence-corrected chi connectivity index (χ4v) is 3.58. The second kappa shape index (κ2) is 6.88. The van der Waals surface area contributed by atoms with Gasteiger partial charge in [0.25, 0.3) is 0 Å². The van der Waals surface area contributed by atoms with Crippen molar-refractivity contribution in [2.24, 2.45) is 0 Å². The molecule has 0 aliphatic carbocycles. The molecule has 2 aromatic rings. The van der Waals surface area contributed by atoms with Gasteiger partial charge >= 0.3 is 0 Å². The summed E-state index contributed by atoms with van der Waals surface area (Å²) in [5.74, 6) is 0.906. The van der Waals surface area contributed by atoms with Crippen LogP contribution in [0, 0.1) is 0 Å². The molecule has 0 saturated heterocycles. The van der Waals surface area contributed by atoms with Crippen molar-refractivity contribution in [2.45, 2.75) is 29.1 Å². The van der Waals surface area contributed by atoms with Gasteiger partial charge in [-0.1, -0.05) is 24.8 Å². The van der Waals surface area contributed by atoms with Gasteiger partial charge in [0, 0.05) is 16.5 Å². The topological polar surface area (TPSA) is 47.0 Å². The average Bonchev–Trinajstić information content (AvgIpc) is 2.91. The number of benzene rings is 1. The highest BCUT2D eigenvalue weighted by molar-refractivity contribution is 8.01. The van der Waals surface area contributed by atoms with Gasteiger partial charge in [-0.2, -0.15) is 4.37 Å². The molecule has 1 unspecified atom stereocenters. The monoisotopic (exact) mass is 295 g/mol. The molecule has 1 N–H and O–H groups in total. The maximum atomic E-state index is 5.49. The van der Waals surface area contributed by atoms with Crippen LogP contribution in [0.1, 0.15) is 25.5 Å². The van der Waals surface area contributed by atoms with Crippen molar-refractivity contribution in [3.63, 3.8) is 0 Å². The summed E-state index contributed by atoms with van der Waals surface area (Å²) >= 11 is 3.04. The first-order valence-corrected chi connectivity index (χ1v) is 7.70. The number of ether oxygens (including phenoxy) is 1. The SMILES string of the molecule is CCNC(C)c1c(OC)cccc1Sc1ncns1. The highest BCUT2D eigenvalue weighted by Gasteiger charge is 2.17. The van der Waals surface area contributed by atoms with Crippen LogP contribution in [0.15, 0.2) is 33.8 Å². The molecule has 1 atom stereocenters. The number of methoxy groups -OCH3 is 1. The van der Waals surface area contributed by atoms with Crippen LogP contribution in [0.2, 0.25) is 0 Å². The highest BCUT2D eigenvalue weighted by Crippen LogP contribution is 2.38. The summed E-state index contributed by atoms with van der Waals surface area (Å²) in [7, 11) is 1.71. The van der Waals surface area contributed by atoms with Gasteiger partial charge in [-0.15, -0.1) is 0 Å². The third-order valence-corrected chi connectivity index (χ3v) is 4.52. The molecule has 0 aliphatic rings. The minimum absolute atomic E-state index is 0.233. The lowest BCUT2D eigenvalue weighted by Crippen LogP contribution is -2.19. The zero-order chi connectivity index (χ0) is 13.7. The molecule has 0 bridgehead atoms. The van der Waals surface area contributed by atoms with Gasteiger partial charge in [-0.25, -0.2) is 4.98 Å². The zero-order valence-corrected chi connectivity index (χ0v) is 12.8. The molecule has 102 valence electrons. The van der Waals surface area contributed by atoms with Gasteiger partial charge < -0.3 is 10.1 Å². The van der Waals surface area contributed by atoms with Crippen molar-refractivity contribution >= 4 is 23.3 Å². The second-order valence-corrected chi connectivity index (χ2v) is 6.03. The van der Waals surface area contributed by atoms with Crippen LogP contribution >= 0.6 is 23.3 Å². The molecular formula is C13H17N3OS2. The molecule has 1 aromatic heterocycles. The molecule has 0 spiro atoms. The standard InChI is InChI=1S/C13H17N3OS2/c1-4-14-9(2)12-10(17-3)6-5-7-11(12)18-13-15-8-16-19-13/h5-9,14H,4H2,1-3H3. The van der Waals surface area contributed by atoms with Gasteiger partial charge in [0.05, 0.1) is 7.11 Å². The smallest absolute Gasteiger partial charge is 0.174 e. The third kappa shape index (κ3) is 3.46. The van der Waals surface area contributed by atoms with E-state index in [0.717, 1.165) is 21.5 Å². The highest BCUT2D eigenvalue weighted by atomic mass is 32.2. The number of rotatable bonds is 6. The Hall–Kier alpha value is -1.11. The molecular weight excluding hydrogens is 278 g/mol.